The number of guanidine groups is 1. The first-order valence-corrected chi connectivity index (χ1v) is 9.80. The van der Waals surface area contributed by atoms with Gasteiger partial charge < -0.3 is 25.2 Å². The highest BCUT2D eigenvalue weighted by Gasteiger charge is 2.21. The van der Waals surface area contributed by atoms with E-state index in [-0.39, 0.29) is 24.0 Å². The van der Waals surface area contributed by atoms with E-state index in [2.05, 4.69) is 55.6 Å². The molecule has 154 valence electrons. The molecule has 0 amide bonds. The predicted octanol–water partition coefficient (Wildman–Crippen LogP) is 3.43. The van der Waals surface area contributed by atoms with E-state index in [1.54, 1.807) is 6.07 Å². The van der Waals surface area contributed by atoms with Crippen LogP contribution in [0.25, 0.3) is 10.9 Å². The van der Waals surface area contributed by atoms with Crippen molar-refractivity contribution in [3.63, 3.8) is 0 Å². The van der Waals surface area contributed by atoms with Crippen LogP contribution >= 0.6 is 24.0 Å². The Morgan fingerprint density at radius 3 is 2.55 bits per heavy atom. The van der Waals surface area contributed by atoms with Crippen LogP contribution in [-0.2, 0) is 6.42 Å². The number of aliphatic imine (C=N–C) groups is 1. The van der Waals surface area contributed by atoms with Gasteiger partial charge in [0, 0.05) is 56.9 Å². The number of rotatable bonds is 4. The first-order chi connectivity index (χ1) is 13.8. The molecule has 0 atom stereocenters. The van der Waals surface area contributed by atoms with Gasteiger partial charge in [-0.2, -0.15) is 0 Å². The maximum absolute atomic E-state index is 10.1. The Labute approximate surface area is 188 Å². The summed E-state index contributed by atoms with van der Waals surface area (Å²) < 4.78 is 0. The van der Waals surface area contributed by atoms with Crippen molar-refractivity contribution in [3.8, 4) is 5.75 Å². The second-order valence-corrected chi connectivity index (χ2v) is 7.05. The lowest BCUT2D eigenvalue weighted by molar-refractivity contribution is 0.370. The van der Waals surface area contributed by atoms with Crippen molar-refractivity contribution in [2.45, 2.75) is 6.42 Å². The Morgan fingerprint density at radius 2 is 1.79 bits per heavy atom. The Balaban J connectivity index is 0.00000240. The van der Waals surface area contributed by atoms with Gasteiger partial charge in [0.25, 0.3) is 0 Å². The van der Waals surface area contributed by atoms with Crippen LogP contribution in [0.15, 0.2) is 59.7 Å². The molecule has 0 spiro atoms. The molecule has 3 aromatic rings. The monoisotopic (exact) mass is 505 g/mol. The number of hydrogen-bond acceptors (Lipinski definition) is 3. The minimum atomic E-state index is 0. The highest BCUT2D eigenvalue weighted by Crippen LogP contribution is 2.27. The van der Waals surface area contributed by atoms with Gasteiger partial charge in [-0.05, 0) is 30.2 Å². The van der Waals surface area contributed by atoms with Crippen LogP contribution in [0.2, 0.25) is 0 Å². The number of aromatic hydroxyl groups is 1. The summed E-state index contributed by atoms with van der Waals surface area (Å²) >= 11 is 0. The summed E-state index contributed by atoms with van der Waals surface area (Å²) in [5.41, 5.74) is 3.41. The number of aromatic amines is 1. The van der Waals surface area contributed by atoms with E-state index in [1.165, 1.54) is 16.5 Å². The molecule has 2 aromatic carbocycles. The molecule has 1 aliphatic heterocycles. The largest absolute Gasteiger partial charge is 0.506 e. The van der Waals surface area contributed by atoms with Crippen LogP contribution in [0.3, 0.4) is 0 Å². The normalized spacial score (nSPS) is 14.7. The lowest BCUT2D eigenvalue weighted by Crippen LogP contribution is -2.52. The van der Waals surface area contributed by atoms with Crippen molar-refractivity contribution in [1.29, 1.82) is 0 Å². The fraction of sp³-hybridized carbons (Fsp3) is 0.318. The maximum atomic E-state index is 10.1. The van der Waals surface area contributed by atoms with E-state index < -0.39 is 0 Å². The number of H-pyrrole nitrogens is 1. The molecule has 1 aromatic heterocycles. The number of para-hydroxylation sites is 3. The smallest absolute Gasteiger partial charge is 0.193 e. The van der Waals surface area contributed by atoms with Gasteiger partial charge in [-0.15, -0.1) is 24.0 Å². The van der Waals surface area contributed by atoms with Gasteiger partial charge >= 0.3 is 0 Å². The minimum absolute atomic E-state index is 0. The molecule has 0 aliphatic carbocycles. The summed E-state index contributed by atoms with van der Waals surface area (Å²) in [5, 5.41) is 14.9. The van der Waals surface area contributed by atoms with Crippen LogP contribution < -0.4 is 10.2 Å². The summed E-state index contributed by atoms with van der Waals surface area (Å²) in [7, 11) is 1.84. The molecule has 0 unspecified atom stereocenters. The second kappa shape index (κ2) is 9.87. The number of phenols is 1. The van der Waals surface area contributed by atoms with Gasteiger partial charge in [0.1, 0.15) is 5.75 Å². The van der Waals surface area contributed by atoms with E-state index >= 15 is 0 Å². The summed E-state index contributed by atoms with van der Waals surface area (Å²) in [4.78, 5) is 12.3. The second-order valence-electron chi connectivity index (χ2n) is 7.05. The molecule has 7 heteroatoms. The molecule has 3 N–H and O–H groups in total. The molecule has 1 aliphatic rings. The molecule has 0 bridgehead atoms. The lowest BCUT2D eigenvalue weighted by Gasteiger charge is -2.37. The summed E-state index contributed by atoms with van der Waals surface area (Å²) in [6.45, 7) is 4.32. The molecule has 29 heavy (non-hydrogen) atoms. The zero-order valence-electron chi connectivity index (χ0n) is 16.6. The Bertz CT molecular complexity index is 963. The van der Waals surface area contributed by atoms with Gasteiger partial charge in [-0.1, -0.05) is 30.3 Å². The number of nitrogens with one attached hydrogen (secondary N) is 2. The SMILES string of the molecule is CN=C(NCCc1c[nH]c2ccccc12)N1CCN(c2ccccc2O)CC1.I. The van der Waals surface area contributed by atoms with Crippen LogP contribution in [0.1, 0.15) is 5.56 Å². The van der Waals surface area contributed by atoms with E-state index in [4.69, 9.17) is 0 Å². The van der Waals surface area contributed by atoms with Crippen molar-refractivity contribution in [2.24, 2.45) is 4.99 Å². The van der Waals surface area contributed by atoms with Crippen molar-refractivity contribution in [2.75, 3.05) is 44.7 Å². The molecule has 1 saturated heterocycles. The van der Waals surface area contributed by atoms with Gasteiger partial charge in [0.15, 0.2) is 5.96 Å². The highest BCUT2D eigenvalue weighted by molar-refractivity contribution is 14.0. The van der Waals surface area contributed by atoms with Crippen molar-refractivity contribution >= 4 is 46.5 Å². The molecular formula is C22H28IN5O. The van der Waals surface area contributed by atoms with Crippen molar-refractivity contribution in [1.82, 2.24) is 15.2 Å². The predicted molar refractivity (Wildman–Crippen MR) is 131 cm³/mol. The van der Waals surface area contributed by atoms with Crippen LogP contribution in [0.4, 0.5) is 5.69 Å². The Kier molecular flexibility index (Phi) is 7.24. The summed E-state index contributed by atoms with van der Waals surface area (Å²) in [6, 6.07) is 15.9. The maximum Gasteiger partial charge on any atom is 0.193 e. The average Bonchev–Trinajstić information content (AvgIpc) is 3.15. The first kappa shape index (κ1) is 21.3. The fourth-order valence-corrected chi connectivity index (χ4v) is 3.87. The summed E-state index contributed by atoms with van der Waals surface area (Å²) in [6.07, 6.45) is 3.04. The molecule has 2 heterocycles. The number of fused-ring (bicyclic) bond motifs is 1. The molecule has 1 fully saturated rings. The third-order valence-electron chi connectivity index (χ3n) is 5.37. The van der Waals surface area contributed by atoms with Crippen LogP contribution in [0, 0.1) is 0 Å². The van der Waals surface area contributed by atoms with Crippen LogP contribution in [0.5, 0.6) is 5.75 Å². The molecular weight excluding hydrogens is 477 g/mol. The molecule has 0 radical (unpaired) electrons. The van der Waals surface area contributed by atoms with E-state index in [0.717, 1.165) is 50.8 Å². The van der Waals surface area contributed by atoms with Gasteiger partial charge in [-0.25, -0.2) is 0 Å². The number of benzene rings is 2. The standard InChI is InChI=1S/C22H27N5O.HI/c1-23-22(24-11-10-17-16-25-19-7-3-2-6-18(17)19)27-14-12-26(13-15-27)20-8-4-5-9-21(20)28;/h2-9,16,25,28H,10-15H2,1H3,(H,23,24);1H. The third-order valence-corrected chi connectivity index (χ3v) is 5.37. The van der Waals surface area contributed by atoms with Gasteiger partial charge in [0.05, 0.1) is 5.69 Å². The van der Waals surface area contributed by atoms with Crippen molar-refractivity contribution < 1.29 is 5.11 Å². The Hall–Kier alpha value is -2.42. The molecule has 6 nitrogen and oxygen atoms in total. The number of anilines is 1. The number of nitrogens with zero attached hydrogens (tertiary/aromatic N) is 3. The number of hydrogen-bond donors (Lipinski definition) is 3. The van der Waals surface area contributed by atoms with Gasteiger partial charge in [-0.3, -0.25) is 4.99 Å². The lowest BCUT2D eigenvalue weighted by atomic mass is 10.1. The van der Waals surface area contributed by atoms with E-state index in [1.807, 2.05) is 25.2 Å². The third kappa shape index (κ3) is 4.77. The van der Waals surface area contributed by atoms with Crippen molar-refractivity contribution in [3.05, 3.63) is 60.3 Å². The topological polar surface area (TPSA) is 66.9 Å². The quantitative estimate of drug-likeness (QED) is 0.289. The number of aromatic nitrogens is 1. The number of piperazine rings is 1. The molecule has 4 rings (SSSR count). The van der Waals surface area contributed by atoms with Gasteiger partial charge in [0.2, 0.25) is 0 Å². The fourth-order valence-electron chi connectivity index (χ4n) is 3.87. The number of phenolic OH excluding ortho intramolecular Hbond substituents is 1. The van der Waals surface area contributed by atoms with E-state index in [9.17, 15) is 5.11 Å². The minimum Gasteiger partial charge on any atom is -0.506 e. The molecule has 0 saturated carbocycles. The Morgan fingerprint density at radius 1 is 1.07 bits per heavy atom. The zero-order chi connectivity index (χ0) is 19.3. The highest BCUT2D eigenvalue weighted by atomic mass is 127. The number of halogens is 1. The van der Waals surface area contributed by atoms with E-state index in [0.29, 0.717) is 5.75 Å². The average molecular weight is 505 g/mol. The van der Waals surface area contributed by atoms with Crippen LogP contribution in [-0.4, -0.2) is 60.7 Å². The zero-order valence-corrected chi connectivity index (χ0v) is 19.0. The first-order valence-electron chi connectivity index (χ1n) is 9.80. The summed E-state index contributed by atoms with van der Waals surface area (Å²) in [5.74, 6) is 1.29.